The molecule has 0 amide bonds. The maximum Gasteiger partial charge on any atom is 0.272 e. The highest BCUT2D eigenvalue weighted by Gasteiger charge is 2.33. The zero-order valence-corrected chi connectivity index (χ0v) is 19.2. The van der Waals surface area contributed by atoms with Crippen molar-refractivity contribution in [2.75, 3.05) is 56.5 Å². The van der Waals surface area contributed by atoms with Crippen LogP contribution in [0.1, 0.15) is 25.3 Å². The SMILES string of the molecule is C#Cc1cc([N+](=O)[O-])cc(S(=O)(=O)N2CCCN(C)CC2)c1N(CCC)CCBr. The number of benzene rings is 1. The maximum atomic E-state index is 13.6. The van der Waals surface area contributed by atoms with Gasteiger partial charge in [-0.05, 0) is 26.4 Å². The number of hydrogen-bond donors (Lipinski definition) is 0. The van der Waals surface area contributed by atoms with Crippen LogP contribution in [0.25, 0.3) is 0 Å². The van der Waals surface area contributed by atoms with E-state index < -0.39 is 14.9 Å². The Morgan fingerprint density at radius 3 is 2.59 bits per heavy atom. The summed E-state index contributed by atoms with van der Waals surface area (Å²) in [4.78, 5) is 14.7. The number of nitro groups is 1. The summed E-state index contributed by atoms with van der Waals surface area (Å²) in [6.45, 7) is 5.21. The van der Waals surface area contributed by atoms with Crippen LogP contribution in [0.4, 0.5) is 11.4 Å². The van der Waals surface area contributed by atoms with Crippen molar-refractivity contribution in [1.82, 2.24) is 9.21 Å². The van der Waals surface area contributed by atoms with Gasteiger partial charge < -0.3 is 9.80 Å². The molecule has 1 aromatic carbocycles. The summed E-state index contributed by atoms with van der Waals surface area (Å²) < 4.78 is 28.6. The second-order valence-corrected chi connectivity index (χ2v) is 9.68. The topological polar surface area (TPSA) is 87.0 Å². The van der Waals surface area contributed by atoms with Gasteiger partial charge in [0.1, 0.15) is 4.90 Å². The van der Waals surface area contributed by atoms with E-state index in [9.17, 15) is 18.5 Å². The molecular formula is C19H27BrN4O4S. The zero-order chi connectivity index (χ0) is 21.6. The first kappa shape index (κ1) is 23.6. The number of nitro benzene ring substituents is 1. The summed E-state index contributed by atoms with van der Waals surface area (Å²) in [7, 11) is -2.01. The fraction of sp³-hybridized carbons (Fsp3) is 0.579. The lowest BCUT2D eigenvalue weighted by molar-refractivity contribution is -0.385. The summed E-state index contributed by atoms with van der Waals surface area (Å²) in [6, 6.07) is 2.43. The van der Waals surface area contributed by atoms with Crippen LogP contribution in [0, 0.1) is 22.5 Å². The third-order valence-electron chi connectivity index (χ3n) is 4.89. The van der Waals surface area contributed by atoms with E-state index in [0.717, 1.165) is 19.0 Å². The van der Waals surface area contributed by atoms with E-state index in [-0.39, 0.29) is 16.1 Å². The molecule has 1 heterocycles. The summed E-state index contributed by atoms with van der Waals surface area (Å²) in [5.74, 6) is 2.47. The molecule has 0 aliphatic carbocycles. The number of anilines is 1. The molecule has 10 heteroatoms. The average Bonchev–Trinajstić information content (AvgIpc) is 2.91. The molecule has 1 aliphatic heterocycles. The van der Waals surface area contributed by atoms with Gasteiger partial charge in [0.05, 0.1) is 16.2 Å². The Kier molecular flexibility index (Phi) is 8.46. The van der Waals surface area contributed by atoms with E-state index in [1.165, 1.54) is 10.4 Å². The lowest BCUT2D eigenvalue weighted by Crippen LogP contribution is -2.36. The van der Waals surface area contributed by atoms with Crippen LogP contribution in [0.3, 0.4) is 0 Å². The van der Waals surface area contributed by atoms with Gasteiger partial charge in [-0.2, -0.15) is 4.31 Å². The molecule has 0 aromatic heterocycles. The Labute approximate surface area is 181 Å². The molecule has 1 aromatic rings. The smallest absolute Gasteiger partial charge is 0.272 e. The van der Waals surface area contributed by atoms with Crippen LogP contribution in [-0.2, 0) is 10.0 Å². The molecule has 2 rings (SSSR count). The number of alkyl halides is 1. The number of likely N-dealkylation sites (N-methyl/N-ethyl adjacent to an activating group) is 1. The van der Waals surface area contributed by atoms with Gasteiger partial charge in [0.2, 0.25) is 10.0 Å². The Hall–Kier alpha value is -1.67. The van der Waals surface area contributed by atoms with E-state index in [4.69, 9.17) is 6.42 Å². The zero-order valence-electron chi connectivity index (χ0n) is 16.8. The fourth-order valence-electron chi connectivity index (χ4n) is 3.44. The summed E-state index contributed by atoms with van der Waals surface area (Å²) in [5, 5.41) is 12.1. The predicted octanol–water partition coefficient (Wildman–Crippen LogP) is 2.51. The molecule has 29 heavy (non-hydrogen) atoms. The minimum Gasteiger partial charge on any atom is -0.369 e. The van der Waals surface area contributed by atoms with Crippen molar-refractivity contribution in [2.45, 2.75) is 24.7 Å². The highest BCUT2D eigenvalue weighted by molar-refractivity contribution is 9.09. The second kappa shape index (κ2) is 10.4. The van der Waals surface area contributed by atoms with Crippen LogP contribution in [0.5, 0.6) is 0 Å². The molecule has 1 saturated heterocycles. The first-order valence-corrected chi connectivity index (χ1v) is 12.1. The minimum atomic E-state index is -3.96. The van der Waals surface area contributed by atoms with E-state index in [1.807, 2.05) is 18.9 Å². The van der Waals surface area contributed by atoms with Gasteiger partial charge in [-0.15, -0.1) is 6.42 Å². The van der Waals surface area contributed by atoms with E-state index in [0.29, 0.717) is 50.2 Å². The van der Waals surface area contributed by atoms with Crippen LogP contribution < -0.4 is 4.90 Å². The Bertz CT molecular complexity index is 879. The second-order valence-electron chi connectivity index (χ2n) is 6.98. The Morgan fingerprint density at radius 2 is 2.00 bits per heavy atom. The lowest BCUT2D eigenvalue weighted by atomic mass is 10.1. The average molecular weight is 487 g/mol. The van der Waals surface area contributed by atoms with Crippen molar-refractivity contribution in [2.24, 2.45) is 0 Å². The molecule has 1 aliphatic rings. The van der Waals surface area contributed by atoms with Gasteiger partial charge >= 0.3 is 0 Å². The number of non-ortho nitro benzene ring substituents is 1. The van der Waals surface area contributed by atoms with Crippen molar-refractivity contribution >= 4 is 37.3 Å². The monoisotopic (exact) mass is 486 g/mol. The van der Waals surface area contributed by atoms with E-state index in [2.05, 4.69) is 26.8 Å². The van der Waals surface area contributed by atoms with Crippen molar-refractivity contribution < 1.29 is 13.3 Å². The van der Waals surface area contributed by atoms with Crippen LogP contribution in [0.2, 0.25) is 0 Å². The minimum absolute atomic E-state index is 0.0846. The van der Waals surface area contributed by atoms with Crippen molar-refractivity contribution in [3.05, 3.63) is 27.8 Å². The highest BCUT2D eigenvalue weighted by Crippen LogP contribution is 2.35. The Balaban J connectivity index is 2.70. The first-order chi connectivity index (χ1) is 13.8. The molecule has 0 N–H and O–H groups in total. The van der Waals surface area contributed by atoms with Gasteiger partial charge in [0, 0.05) is 50.2 Å². The van der Waals surface area contributed by atoms with Gasteiger partial charge in [-0.3, -0.25) is 10.1 Å². The normalized spacial score (nSPS) is 16.2. The predicted molar refractivity (Wildman–Crippen MR) is 118 cm³/mol. The van der Waals surface area contributed by atoms with Crippen molar-refractivity contribution in [3.63, 3.8) is 0 Å². The molecule has 0 saturated carbocycles. The van der Waals surface area contributed by atoms with E-state index in [1.54, 1.807) is 0 Å². The van der Waals surface area contributed by atoms with Gasteiger partial charge in [0.15, 0.2) is 0 Å². The number of rotatable bonds is 8. The van der Waals surface area contributed by atoms with E-state index >= 15 is 0 Å². The molecule has 8 nitrogen and oxygen atoms in total. The molecule has 0 radical (unpaired) electrons. The molecule has 0 atom stereocenters. The quantitative estimate of drug-likeness (QED) is 0.243. The third kappa shape index (κ3) is 5.48. The maximum absolute atomic E-state index is 13.6. The molecule has 0 unspecified atom stereocenters. The fourth-order valence-corrected chi connectivity index (χ4v) is 5.59. The third-order valence-corrected chi connectivity index (χ3v) is 7.15. The number of halogens is 1. The first-order valence-electron chi connectivity index (χ1n) is 9.54. The van der Waals surface area contributed by atoms with Crippen molar-refractivity contribution in [1.29, 1.82) is 0 Å². The molecule has 1 fully saturated rings. The molecule has 0 spiro atoms. The van der Waals surface area contributed by atoms with Crippen LogP contribution in [-0.4, -0.2) is 74.2 Å². The van der Waals surface area contributed by atoms with Crippen LogP contribution >= 0.6 is 15.9 Å². The lowest BCUT2D eigenvalue weighted by Gasteiger charge is -2.29. The summed E-state index contributed by atoms with van der Waals surface area (Å²) in [5.41, 5.74) is 0.277. The molecule has 0 bridgehead atoms. The van der Waals surface area contributed by atoms with Gasteiger partial charge in [-0.1, -0.05) is 28.8 Å². The van der Waals surface area contributed by atoms with Gasteiger partial charge in [0.25, 0.3) is 5.69 Å². The summed E-state index contributed by atoms with van der Waals surface area (Å²) >= 11 is 3.40. The van der Waals surface area contributed by atoms with Crippen LogP contribution in [0.15, 0.2) is 17.0 Å². The van der Waals surface area contributed by atoms with Gasteiger partial charge in [-0.25, -0.2) is 8.42 Å². The molecule has 160 valence electrons. The number of sulfonamides is 1. The highest BCUT2D eigenvalue weighted by atomic mass is 79.9. The van der Waals surface area contributed by atoms with Crippen molar-refractivity contribution in [3.8, 4) is 12.3 Å². The number of hydrogen-bond acceptors (Lipinski definition) is 6. The standard InChI is InChI=1S/C19H27BrN4O4S/c1-4-8-22(11-7-20)19-16(5-2)14-17(24(25)26)15-18(19)29(27,28)23-10-6-9-21(3)12-13-23/h2,14-15H,4,6-13H2,1,3H3. The Morgan fingerprint density at radius 1 is 1.28 bits per heavy atom. The largest absolute Gasteiger partial charge is 0.369 e. The number of terminal acetylenes is 1. The number of nitrogens with zero attached hydrogens (tertiary/aromatic N) is 4. The summed E-state index contributed by atoms with van der Waals surface area (Å²) in [6.07, 6.45) is 7.13. The molecular weight excluding hydrogens is 460 g/mol.